The second-order valence-corrected chi connectivity index (χ2v) is 9.25. The minimum Gasteiger partial charge on any atom is -0.426 e. The predicted octanol–water partition coefficient (Wildman–Crippen LogP) is 5.00. The largest absolute Gasteiger partial charge is 0.434 e. The summed E-state index contributed by atoms with van der Waals surface area (Å²) in [5.74, 6) is -0.356. The number of alkyl halides is 6. The number of imidazole rings is 1. The molecule has 192 valence electrons. The van der Waals surface area contributed by atoms with Gasteiger partial charge in [-0.2, -0.15) is 26.3 Å². The van der Waals surface area contributed by atoms with Crippen LogP contribution in [-0.2, 0) is 4.74 Å². The smallest absolute Gasteiger partial charge is 0.426 e. The van der Waals surface area contributed by atoms with E-state index >= 15 is 0 Å². The second-order valence-electron chi connectivity index (χ2n) is 8.84. The highest BCUT2D eigenvalue weighted by molar-refractivity contribution is 6.33. The van der Waals surface area contributed by atoms with Crippen molar-refractivity contribution in [2.24, 2.45) is 0 Å². The van der Waals surface area contributed by atoms with Crippen LogP contribution < -0.4 is 0 Å². The van der Waals surface area contributed by atoms with Crippen LogP contribution in [0.4, 0.5) is 31.1 Å². The van der Waals surface area contributed by atoms with Crippen molar-refractivity contribution in [1.29, 1.82) is 0 Å². The number of piperidine rings is 1. The summed E-state index contributed by atoms with van der Waals surface area (Å²) in [5, 5.41) is 0.378. The predicted molar refractivity (Wildman–Crippen MR) is 111 cm³/mol. The van der Waals surface area contributed by atoms with Gasteiger partial charge in [-0.05, 0) is 44.2 Å². The Labute approximate surface area is 200 Å². The number of hydrogen-bond donors (Lipinski definition) is 0. The Balaban J connectivity index is 1.47. The number of ether oxygens (including phenoxy) is 1. The van der Waals surface area contributed by atoms with Crippen LogP contribution in [-0.4, -0.2) is 74.8 Å². The maximum Gasteiger partial charge on any atom is 0.434 e. The van der Waals surface area contributed by atoms with Gasteiger partial charge in [-0.15, -0.1) is 0 Å². The number of amides is 2. The summed E-state index contributed by atoms with van der Waals surface area (Å²) >= 11 is 6.22. The molecule has 14 heteroatoms. The van der Waals surface area contributed by atoms with E-state index in [1.165, 1.54) is 0 Å². The quantitative estimate of drug-likeness (QED) is 0.517. The molecular weight excluding hydrogens is 506 g/mol. The average Bonchev–Trinajstić information content (AvgIpc) is 3.35. The molecule has 4 heterocycles. The molecule has 0 bridgehead atoms. The monoisotopic (exact) mass is 526 g/mol. The van der Waals surface area contributed by atoms with Gasteiger partial charge in [0, 0.05) is 37.6 Å². The van der Waals surface area contributed by atoms with Crippen LogP contribution in [0, 0.1) is 6.92 Å². The summed E-state index contributed by atoms with van der Waals surface area (Å²) in [5.41, 5.74) is 0.764. The Hall–Kier alpha value is -2.70. The SMILES string of the molecule is Cc1cc(Cl)c2nc(C(=O)N3CCCC34CCN(C(=O)OC(C(F)(F)F)C(F)(F)F)CC4)cn2c1. The molecule has 4 rings (SSSR count). The van der Waals surface area contributed by atoms with Crippen LogP contribution in [0.15, 0.2) is 18.5 Å². The van der Waals surface area contributed by atoms with Crippen molar-refractivity contribution in [2.45, 2.75) is 56.6 Å². The molecule has 2 aromatic rings. The van der Waals surface area contributed by atoms with Crippen LogP contribution in [0.3, 0.4) is 0 Å². The average molecular weight is 527 g/mol. The molecule has 0 unspecified atom stereocenters. The van der Waals surface area contributed by atoms with E-state index < -0.39 is 30.1 Å². The van der Waals surface area contributed by atoms with E-state index in [2.05, 4.69) is 9.72 Å². The molecule has 2 fully saturated rings. The molecule has 0 N–H and O–H groups in total. The molecule has 2 aromatic heterocycles. The summed E-state index contributed by atoms with van der Waals surface area (Å²) < 4.78 is 81.8. The van der Waals surface area contributed by atoms with Gasteiger partial charge in [0.25, 0.3) is 12.0 Å². The highest BCUT2D eigenvalue weighted by atomic mass is 35.5. The van der Waals surface area contributed by atoms with Crippen molar-refractivity contribution in [3.63, 3.8) is 0 Å². The number of pyridine rings is 1. The van der Waals surface area contributed by atoms with E-state index in [-0.39, 0.29) is 37.5 Å². The first-order chi connectivity index (χ1) is 16.2. The standard InChI is InChI=1S/C21H21ClF6N4O3/c1-12-9-13(22)15-29-14(11-31(15)10-12)16(33)32-6-2-3-19(32)4-7-30(8-5-19)18(34)35-17(20(23,24)25)21(26,27)28/h9-11,17H,2-8H2,1H3. The fourth-order valence-electron chi connectivity index (χ4n) is 4.81. The summed E-state index contributed by atoms with van der Waals surface area (Å²) in [6.07, 6.45) is -12.5. The number of likely N-dealkylation sites (tertiary alicyclic amines) is 2. The van der Waals surface area contributed by atoms with Gasteiger partial charge < -0.3 is 18.9 Å². The fraction of sp³-hybridized carbons (Fsp3) is 0.571. The van der Waals surface area contributed by atoms with Crippen molar-refractivity contribution >= 4 is 29.2 Å². The number of carbonyl (C=O) groups is 2. The molecule has 0 radical (unpaired) electrons. The molecule has 0 aliphatic carbocycles. The van der Waals surface area contributed by atoms with Crippen molar-refractivity contribution < 1.29 is 40.7 Å². The third kappa shape index (κ3) is 4.87. The zero-order chi connectivity index (χ0) is 25.8. The minimum absolute atomic E-state index is 0.152. The van der Waals surface area contributed by atoms with Crippen molar-refractivity contribution in [1.82, 2.24) is 19.2 Å². The number of carbonyl (C=O) groups excluding carboxylic acids is 2. The Bertz CT molecular complexity index is 1130. The van der Waals surface area contributed by atoms with Crippen molar-refractivity contribution in [3.8, 4) is 0 Å². The third-order valence-electron chi connectivity index (χ3n) is 6.47. The van der Waals surface area contributed by atoms with Crippen LogP contribution in [0.1, 0.15) is 41.7 Å². The van der Waals surface area contributed by atoms with E-state index in [9.17, 15) is 35.9 Å². The third-order valence-corrected chi connectivity index (χ3v) is 6.75. The molecule has 1 spiro atoms. The molecule has 2 aliphatic heterocycles. The summed E-state index contributed by atoms with van der Waals surface area (Å²) in [6, 6.07) is 1.71. The van der Waals surface area contributed by atoms with Gasteiger partial charge in [0.05, 0.1) is 5.02 Å². The van der Waals surface area contributed by atoms with Crippen molar-refractivity contribution in [3.05, 3.63) is 34.7 Å². The molecule has 2 saturated heterocycles. The van der Waals surface area contributed by atoms with Crippen molar-refractivity contribution in [2.75, 3.05) is 19.6 Å². The summed E-state index contributed by atoms with van der Waals surface area (Å²) in [7, 11) is 0. The Morgan fingerprint density at radius 3 is 2.29 bits per heavy atom. The summed E-state index contributed by atoms with van der Waals surface area (Å²) in [6.45, 7) is 1.95. The molecular formula is C21H21ClF6N4O3. The molecule has 0 saturated carbocycles. The highest BCUT2D eigenvalue weighted by Crippen LogP contribution is 2.40. The topological polar surface area (TPSA) is 67.2 Å². The fourth-order valence-corrected chi connectivity index (χ4v) is 5.12. The molecule has 2 aliphatic rings. The molecule has 2 amide bonds. The first-order valence-electron chi connectivity index (χ1n) is 10.8. The minimum atomic E-state index is -5.78. The van der Waals surface area contributed by atoms with Crippen LogP contribution in [0.5, 0.6) is 0 Å². The lowest BCUT2D eigenvalue weighted by Crippen LogP contribution is -2.56. The van der Waals surface area contributed by atoms with E-state index in [1.807, 2.05) is 6.92 Å². The number of nitrogens with zero attached hydrogens (tertiary/aromatic N) is 4. The molecule has 35 heavy (non-hydrogen) atoms. The maximum absolute atomic E-state index is 13.3. The highest BCUT2D eigenvalue weighted by Gasteiger charge is 2.60. The normalized spacial score (nSPS) is 18.7. The Kier molecular flexibility index (Phi) is 6.35. The number of aryl methyl sites for hydroxylation is 1. The number of halogens is 7. The van der Waals surface area contributed by atoms with Gasteiger partial charge >= 0.3 is 18.4 Å². The molecule has 7 nitrogen and oxygen atoms in total. The Morgan fingerprint density at radius 1 is 1.06 bits per heavy atom. The molecule has 0 atom stereocenters. The summed E-state index contributed by atoms with van der Waals surface area (Å²) in [4.78, 5) is 32.2. The van der Waals surface area contributed by atoms with Gasteiger partial charge in [-0.3, -0.25) is 4.79 Å². The van der Waals surface area contributed by atoms with Gasteiger partial charge in [0.1, 0.15) is 5.69 Å². The lowest BCUT2D eigenvalue weighted by molar-refractivity contribution is -0.308. The molecule has 0 aromatic carbocycles. The number of rotatable bonds is 2. The van der Waals surface area contributed by atoms with Gasteiger partial charge in [-0.1, -0.05) is 11.6 Å². The van der Waals surface area contributed by atoms with E-state index in [0.717, 1.165) is 10.5 Å². The van der Waals surface area contributed by atoms with E-state index in [4.69, 9.17) is 11.6 Å². The number of aromatic nitrogens is 2. The van der Waals surface area contributed by atoms with E-state index in [0.29, 0.717) is 30.1 Å². The van der Waals surface area contributed by atoms with Gasteiger partial charge in [-0.25, -0.2) is 9.78 Å². The van der Waals surface area contributed by atoms with E-state index in [1.54, 1.807) is 27.8 Å². The first-order valence-corrected chi connectivity index (χ1v) is 11.1. The zero-order valence-electron chi connectivity index (χ0n) is 18.4. The lowest BCUT2D eigenvalue weighted by atomic mass is 9.85. The van der Waals surface area contributed by atoms with Gasteiger partial charge in [0.2, 0.25) is 0 Å². The zero-order valence-corrected chi connectivity index (χ0v) is 19.2. The number of fused-ring (bicyclic) bond motifs is 1. The lowest BCUT2D eigenvalue weighted by Gasteiger charge is -2.44. The maximum atomic E-state index is 13.3. The number of hydrogen-bond acceptors (Lipinski definition) is 4. The van der Waals surface area contributed by atoms with Crippen LogP contribution >= 0.6 is 11.6 Å². The van der Waals surface area contributed by atoms with Crippen LogP contribution in [0.2, 0.25) is 5.02 Å². The second kappa shape index (κ2) is 8.75. The van der Waals surface area contributed by atoms with Crippen LogP contribution in [0.25, 0.3) is 5.65 Å². The Morgan fingerprint density at radius 2 is 1.69 bits per heavy atom. The first kappa shape index (κ1) is 25.4. The van der Waals surface area contributed by atoms with Gasteiger partial charge in [0.15, 0.2) is 5.65 Å².